The first-order chi connectivity index (χ1) is 5.57. The van der Waals surface area contributed by atoms with Gasteiger partial charge >= 0.3 is 5.97 Å². The van der Waals surface area contributed by atoms with Gasteiger partial charge in [0.05, 0.1) is 16.6 Å². The van der Waals surface area contributed by atoms with Gasteiger partial charge in [0.1, 0.15) is 0 Å². The average molecular weight is 209 g/mol. The van der Waals surface area contributed by atoms with Crippen LogP contribution in [0.25, 0.3) is 0 Å². The maximum absolute atomic E-state index is 10.6. The molecule has 0 atom stereocenters. The van der Waals surface area contributed by atoms with E-state index in [1.54, 1.807) is 0 Å². The van der Waals surface area contributed by atoms with Crippen LogP contribution in [0.1, 0.15) is 16.2 Å². The molecule has 66 valence electrons. The Morgan fingerprint density at radius 3 is 2.58 bits per heavy atom. The van der Waals surface area contributed by atoms with E-state index in [2.05, 4.69) is 5.10 Å². The van der Waals surface area contributed by atoms with Crippen LogP contribution in [0.2, 0.25) is 5.02 Å². The number of carboxylic acid groups (broad SMARTS) is 1. The van der Waals surface area contributed by atoms with Gasteiger partial charge < -0.3 is 5.11 Å². The highest BCUT2D eigenvalue weighted by atomic mass is 35.5. The molecule has 0 spiro atoms. The summed E-state index contributed by atoms with van der Waals surface area (Å²) in [6.07, 6.45) is 0. The molecule has 0 bridgehead atoms. The Morgan fingerprint density at radius 2 is 2.33 bits per heavy atom. The first-order valence-corrected chi connectivity index (χ1v) is 3.99. The fraction of sp³-hybridized carbons (Fsp3) is 0.333. The van der Waals surface area contributed by atoms with Crippen LogP contribution >= 0.6 is 23.2 Å². The summed E-state index contributed by atoms with van der Waals surface area (Å²) in [5.74, 6) is -0.994. The number of aryl methyl sites for hydroxylation is 1. The second-order valence-electron chi connectivity index (χ2n) is 2.17. The van der Waals surface area contributed by atoms with E-state index >= 15 is 0 Å². The molecule has 0 aliphatic heterocycles. The highest BCUT2D eigenvalue weighted by Crippen LogP contribution is 2.21. The minimum Gasteiger partial charge on any atom is -0.476 e. The first kappa shape index (κ1) is 9.35. The van der Waals surface area contributed by atoms with Crippen LogP contribution in [0.4, 0.5) is 0 Å². The van der Waals surface area contributed by atoms with Gasteiger partial charge in [0.15, 0.2) is 5.69 Å². The Hall–Kier alpha value is -0.740. The van der Waals surface area contributed by atoms with Crippen LogP contribution in [0.15, 0.2) is 0 Å². The van der Waals surface area contributed by atoms with Crippen molar-refractivity contribution in [1.82, 2.24) is 9.78 Å². The largest absolute Gasteiger partial charge is 0.476 e. The number of carboxylic acids is 1. The van der Waals surface area contributed by atoms with Gasteiger partial charge in [-0.25, -0.2) is 4.79 Å². The van der Waals surface area contributed by atoms with Gasteiger partial charge in [-0.05, 0) is 0 Å². The fourth-order valence-corrected chi connectivity index (χ4v) is 1.43. The zero-order chi connectivity index (χ0) is 9.30. The zero-order valence-electron chi connectivity index (χ0n) is 6.21. The van der Waals surface area contributed by atoms with Crippen LogP contribution in [0, 0.1) is 0 Å². The quantitative estimate of drug-likeness (QED) is 0.751. The summed E-state index contributed by atoms with van der Waals surface area (Å²) in [5, 5.41) is 12.6. The van der Waals surface area contributed by atoms with Crippen molar-refractivity contribution in [2.75, 3.05) is 0 Å². The molecule has 1 aromatic rings. The van der Waals surface area contributed by atoms with E-state index in [1.165, 1.54) is 11.7 Å². The highest BCUT2D eigenvalue weighted by Gasteiger charge is 2.18. The van der Waals surface area contributed by atoms with Gasteiger partial charge in [-0.15, -0.1) is 11.6 Å². The molecule has 1 aromatic heterocycles. The Bertz CT molecular complexity index is 322. The van der Waals surface area contributed by atoms with E-state index in [4.69, 9.17) is 28.3 Å². The third kappa shape index (κ3) is 1.40. The van der Waals surface area contributed by atoms with E-state index in [1.807, 2.05) is 0 Å². The third-order valence-electron chi connectivity index (χ3n) is 1.38. The number of nitrogens with zero attached hydrogens (tertiary/aromatic N) is 2. The Balaban J connectivity index is 3.28. The first-order valence-electron chi connectivity index (χ1n) is 3.08. The minimum atomic E-state index is -1.11. The molecule has 0 aromatic carbocycles. The van der Waals surface area contributed by atoms with Crippen molar-refractivity contribution in [2.24, 2.45) is 7.05 Å². The number of carbonyl (C=O) groups is 1. The maximum atomic E-state index is 10.6. The lowest BCUT2D eigenvalue weighted by molar-refractivity contribution is 0.0685. The molecule has 1 N–H and O–H groups in total. The number of alkyl halides is 1. The van der Waals surface area contributed by atoms with Crippen LogP contribution in [0.5, 0.6) is 0 Å². The summed E-state index contributed by atoms with van der Waals surface area (Å²) < 4.78 is 1.20. The number of halogens is 2. The molecule has 0 saturated carbocycles. The molecule has 0 amide bonds. The molecule has 0 aliphatic rings. The van der Waals surface area contributed by atoms with E-state index in [9.17, 15) is 4.79 Å². The minimum absolute atomic E-state index is 0.0349. The Kier molecular flexibility index (Phi) is 2.59. The van der Waals surface area contributed by atoms with E-state index < -0.39 is 5.97 Å². The van der Waals surface area contributed by atoms with Crippen molar-refractivity contribution in [3.05, 3.63) is 16.4 Å². The summed E-state index contributed by atoms with van der Waals surface area (Å²) in [4.78, 5) is 10.6. The van der Waals surface area contributed by atoms with Crippen molar-refractivity contribution in [2.45, 2.75) is 5.88 Å². The molecule has 1 heterocycles. The summed E-state index contributed by atoms with van der Waals surface area (Å²) in [5.41, 5.74) is 0.352. The van der Waals surface area contributed by atoms with Crippen molar-refractivity contribution in [1.29, 1.82) is 0 Å². The summed E-state index contributed by atoms with van der Waals surface area (Å²) in [6, 6.07) is 0. The SMILES string of the molecule is Cn1nc(CCl)c(Cl)c1C(=O)O. The van der Waals surface area contributed by atoms with E-state index in [0.717, 1.165) is 0 Å². The second kappa shape index (κ2) is 3.33. The second-order valence-corrected chi connectivity index (χ2v) is 2.82. The van der Waals surface area contributed by atoms with Crippen molar-refractivity contribution < 1.29 is 9.90 Å². The normalized spacial score (nSPS) is 10.2. The summed E-state index contributed by atoms with van der Waals surface area (Å²) in [6.45, 7) is 0. The summed E-state index contributed by atoms with van der Waals surface area (Å²) in [7, 11) is 1.51. The lowest BCUT2D eigenvalue weighted by Gasteiger charge is -1.92. The Labute approximate surface area is 78.7 Å². The smallest absolute Gasteiger partial charge is 0.355 e. The molecule has 4 nitrogen and oxygen atoms in total. The molecule has 12 heavy (non-hydrogen) atoms. The van der Waals surface area contributed by atoms with Crippen LogP contribution in [-0.2, 0) is 12.9 Å². The van der Waals surface area contributed by atoms with Crippen molar-refractivity contribution >= 4 is 29.2 Å². The monoisotopic (exact) mass is 208 g/mol. The molecule has 1 rings (SSSR count). The van der Waals surface area contributed by atoms with Gasteiger partial charge in [-0.2, -0.15) is 5.10 Å². The lowest BCUT2D eigenvalue weighted by atomic mass is 10.4. The summed E-state index contributed by atoms with van der Waals surface area (Å²) >= 11 is 11.1. The van der Waals surface area contributed by atoms with Crippen LogP contribution < -0.4 is 0 Å². The number of aromatic carboxylic acids is 1. The molecular formula is C6H6Cl2N2O2. The maximum Gasteiger partial charge on any atom is 0.355 e. The molecular weight excluding hydrogens is 203 g/mol. The predicted molar refractivity (Wildman–Crippen MR) is 44.7 cm³/mol. The van der Waals surface area contributed by atoms with Gasteiger partial charge in [-0.3, -0.25) is 4.68 Å². The average Bonchev–Trinajstić information content (AvgIpc) is 2.25. The standard InChI is InChI=1S/C6H6Cl2N2O2/c1-10-5(6(11)12)4(8)3(2-7)9-10/h2H2,1H3,(H,11,12). The van der Waals surface area contributed by atoms with Gasteiger partial charge in [0, 0.05) is 7.05 Å². The van der Waals surface area contributed by atoms with Gasteiger partial charge in [0.25, 0.3) is 0 Å². The van der Waals surface area contributed by atoms with Crippen molar-refractivity contribution in [3.8, 4) is 0 Å². The molecule has 0 radical (unpaired) electrons. The fourth-order valence-electron chi connectivity index (χ4n) is 0.871. The lowest BCUT2D eigenvalue weighted by Crippen LogP contribution is -2.05. The topological polar surface area (TPSA) is 55.1 Å². The van der Waals surface area contributed by atoms with Gasteiger partial charge in [0.2, 0.25) is 0 Å². The molecule has 0 aliphatic carbocycles. The third-order valence-corrected chi connectivity index (χ3v) is 2.04. The number of hydrogen-bond acceptors (Lipinski definition) is 2. The molecule has 6 heteroatoms. The highest BCUT2D eigenvalue weighted by molar-refractivity contribution is 6.34. The van der Waals surface area contributed by atoms with Crippen LogP contribution in [0.3, 0.4) is 0 Å². The number of aromatic nitrogens is 2. The molecule has 0 saturated heterocycles. The zero-order valence-corrected chi connectivity index (χ0v) is 7.72. The van der Waals surface area contributed by atoms with Gasteiger partial charge in [-0.1, -0.05) is 11.6 Å². The van der Waals surface area contributed by atoms with Crippen LogP contribution in [-0.4, -0.2) is 20.9 Å². The Morgan fingerprint density at radius 1 is 1.75 bits per heavy atom. The van der Waals surface area contributed by atoms with E-state index in [-0.39, 0.29) is 16.6 Å². The molecule has 0 unspecified atom stereocenters. The van der Waals surface area contributed by atoms with Crippen molar-refractivity contribution in [3.63, 3.8) is 0 Å². The number of hydrogen-bond donors (Lipinski definition) is 1. The van der Waals surface area contributed by atoms with E-state index in [0.29, 0.717) is 5.69 Å². The molecule has 0 fully saturated rings. The number of rotatable bonds is 2. The predicted octanol–water partition coefficient (Wildman–Crippen LogP) is 1.51.